The molecule has 1 aromatic carbocycles. The Morgan fingerprint density at radius 2 is 2.19 bits per heavy atom. The number of halogens is 3. The van der Waals surface area contributed by atoms with Gasteiger partial charge in [0, 0.05) is 10.2 Å². The maximum atomic E-state index is 13.7. The smallest absolute Gasteiger partial charge is 0.382 e. The number of anilines is 1. The summed E-state index contributed by atoms with van der Waals surface area (Å²) in [6.07, 6.45) is 0. The second-order valence-electron chi connectivity index (χ2n) is 3.00. The highest BCUT2D eigenvalue weighted by Crippen LogP contribution is 2.38. The summed E-state index contributed by atoms with van der Waals surface area (Å²) in [6, 6.07) is 4.19. The van der Waals surface area contributed by atoms with Gasteiger partial charge in [0.2, 0.25) is 0 Å². The number of benzene rings is 1. The number of nitrogen functional groups attached to an aromatic ring is 1. The average Bonchev–Trinajstić information content (AvgIpc) is 2.17. The van der Waals surface area contributed by atoms with Gasteiger partial charge in [-0.1, -0.05) is 22.0 Å². The van der Waals surface area contributed by atoms with Crippen molar-refractivity contribution in [2.75, 3.05) is 12.3 Å². The predicted molar refractivity (Wildman–Crippen MR) is 59.1 cm³/mol. The van der Waals surface area contributed by atoms with Crippen LogP contribution < -0.4 is 5.73 Å². The van der Waals surface area contributed by atoms with Crippen molar-refractivity contribution in [1.82, 2.24) is 0 Å². The molecule has 0 atom stereocenters. The molecule has 1 aromatic rings. The van der Waals surface area contributed by atoms with Gasteiger partial charge in [-0.2, -0.15) is 8.78 Å². The van der Waals surface area contributed by atoms with E-state index in [0.29, 0.717) is 0 Å². The van der Waals surface area contributed by atoms with Crippen molar-refractivity contribution in [3.05, 3.63) is 28.2 Å². The Bertz CT molecular complexity index is 390. The fourth-order valence-corrected chi connectivity index (χ4v) is 1.83. The number of esters is 1. The molecule has 16 heavy (non-hydrogen) atoms. The third kappa shape index (κ3) is 2.32. The number of ether oxygens (including phenoxy) is 1. The van der Waals surface area contributed by atoms with E-state index in [1.165, 1.54) is 25.1 Å². The van der Waals surface area contributed by atoms with Crippen molar-refractivity contribution >= 4 is 27.6 Å². The molecular formula is C10H10BrF2NO2. The monoisotopic (exact) mass is 293 g/mol. The Morgan fingerprint density at radius 3 is 2.69 bits per heavy atom. The Morgan fingerprint density at radius 1 is 1.56 bits per heavy atom. The van der Waals surface area contributed by atoms with Gasteiger partial charge in [-0.25, -0.2) is 4.79 Å². The second-order valence-corrected chi connectivity index (χ2v) is 3.85. The molecule has 6 heteroatoms. The summed E-state index contributed by atoms with van der Waals surface area (Å²) in [5.74, 6) is -5.35. The van der Waals surface area contributed by atoms with E-state index < -0.39 is 17.5 Å². The van der Waals surface area contributed by atoms with Crippen LogP contribution in [0.4, 0.5) is 14.5 Å². The van der Waals surface area contributed by atoms with Crippen molar-refractivity contribution in [3.8, 4) is 0 Å². The van der Waals surface area contributed by atoms with Crippen molar-refractivity contribution in [2.24, 2.45) is 0 Å². The predicted octanol–water partition coefficient (Wildman–Crippen LogP) is 2.69. The first kappa shape index (κ1) is 12.9. The van der Waals surface area contributed by atoms with Crippen LogP contribution in [0.2, 0.25) is 0 Å². The number of alkyl halides is 2. The Kier molecular flexibility index (Phi) is 3.85. The van der Waals surface area contributed by atoms with E-state index in [4.69, 9.17) is 5.73 Å². The molecule has 0 saturated carbocycles. The SMILES string of the molecule is CCOC(=O)C(F)(F)c1c(N)cccc1Br. The molecule has 0 bridgehead atoms. The first-order valence-corrected chi connectivity index (χ1v) is 5.30. The second kappa shape index (κ2) is 4.78. The summed E-state index contributed by atoms with van der Waals surface area (Å²) in [7, 11) is 0. The van der Waals surface area contributed by atoms with Crippen LogP contribution in [-0.2, 0) is 15.5 Å². The van der Waals surface area contributed by atoms with Crippen LogP contribution in [0.3, 0.4) is 0 Å². The number of rotatable bonds is 3. The molecule has 0 aliphatic heterocycles. The lowest BCUT2D eigenvalue weighted by molar-refractivity contribution is -0.173. The van der Waals surface area contributed by atoms with Crippen LogP contribution in [0.1, 0.15) is 12.5 Å². The first-order chi connectivity index (χ1) is 7.41. The zero-order valence-corrected chi connectivity index (χ0v) is 10.1. The quantitative estimate of drug-likeness (QED) is 0.689. The van der Waals surface area contributed by atoms with Crippen LogP contribution >= 0.6 is 15.9 Å². The molecule has 88 valence electrons. The maximum absolute atomic E-state index is 13.7. The highest BCUT2D eigenvalue weighted by atomic mass is 79.9. The van der Waals surface area contributed by atoms with Gasteiger partial charge >= 0.3 is 11.9 Å². The van der Waals surface area contributed by atoms with Gasteiger partial charge in [0.1, 0.15) is 0 Å². The number of hydrogen-bond acceptors (Lipinski definition) is 3. The van der Waals surface area contributed by atoms with Crippen LogP contribution in [0.25, 0.3) is 0 Å². The zero-order chi connectivity index (χ0) is 12.3. The summed E-state index contributed by atoms with van der Waals surface area (Å²) >= 11 is 2.93. The Hall–Kier alpha value is -1.17. The molecular weight excluding hydrogens is 284 g/mol. The number of carbonyl (C=O) groups excluding carboxylic acids is 1. The summed E-state index contributed by atoms with van der Waals surface area (Å²) in [5, 5.41) is 0. The number of hydrogen-bond donors (Lipinski definition) is 1. The molecule has 0 aromatic heterocycles. The molecule has 0 saturated heterocycles. The van der Waals surface area contributed by atoms with E-state index in [1.54, 1.807) is 0 Å². The van der Waals surface area contributed by atoms with E-state index in [9.17, 15) is 13.6 Å². The maximum Gasteiger partial charge on any atom is 0.382 e. The van der Waals surface area contributed by atoms with Gasteiger partial charge in [0.15, 0.2) is 0 Å². The lowest BCUT2D eigenvalue weighted by Crippen LogP contribution is -2.29. The number of carbonyl (C=O) groups is 1. The van der Waals surface area contributed by atoms with Gasteiger partial charge in [-0.15, -0.1) is 0 Å². The Labute approximate surface area is 99.7 Å². The van der Waals surface area contributed by atoms with E-state index in [2.05, 4.69) is 20.7 Å². The van der Waals surface area contributed by atoms with Crippen molar-refractivity contribution < 1.29 is 18.3 Å². The highest BCUT2D eigenvalue weighted by Gasteiger charge is 2.45. The molecule has 0 fully saturated rings. The molecule has 0 heterocycles. The van der Waals surface area contributed by atoms with Crippen LogP contribution in [-0.4, -0.2) is 12.6 Å². The van der Waals surface area contributed by atoms with Crippen LogP contribution in [0.5, 0.6) is 0 Å². The largest absolute Gasteiger partial charge is 0.461 e. The fraction of sp³-hybridized carbons (Fsp3) is 0.300. The molecule has 2 N–H and O–H groups in total. The number of nitrogens with two attached hydrogens (primary N) is 1. The van der Waals surface area contributed by atoms with Crippen molar-refractivity contribution in [2.45, 2.75) is 12.8 Å². The summed E-state index contributed by atoms with van der Waals surface area (Å²) < 4.78 is 31.7. The molecule has 0 unspecified atom stereocenters. The molecule has 3 nitrogen and oxygen atoms in total. The fourth-order valence-electron chi connectivity index (χ4n) is 1.20. The summed E-state index contributed by atoms with van der Waals surface area (Å²) in [5.41, 5.74) is 4.70. The summed E-state index contributed by atoms with van der Waals surface area (Å²) in [4.78, 5) is 11.1. The van der Waals surface area contributed by atoms with Crippen LogP contribution in [0.15, 0.2) is 22.7 Å². The van der Waals surface area contributed by atoms with Crippen molar-refractivity contribution in [3.63, 3.8) is 0 Å². The molecule has 0 spiro atoms. The average molecular weight is 294 g/mol. The van der Waals surface area contributed by atoms with Crippen molar-refractivity contribution in [1.29, 1.82) is 0 Å². The van der Waals surface area contributed by atoms with E-state index in [-0.39, 0.29) is 16.8 Å². The standard InChI is InChI=1S/C10H10BrF2NO2/c1-2-16-9(15)10(12,13)8-6(11)4-3-5-7(8)14/h3-5H,2,14H2,1H3. The van der Waals surface area contributed by atoms with E-state index >= 15 is 0 Å². The molecule has 0 radical (unpaired) electrons. The lowest BCUT2D eigenvalue weighted by atomic mass is 10.1. The van der Waals surface area contributed by atoms with Gasteiger partial charge in [0.05, 0.1) is 12.2 Å². The van der Waals surface area contributed by atoms with E-state index in [0.717, 1.165) is 0 Å². The van der Waals surface area contributed by atoms with Gasteiger partial charge in [0.25, 0.3) is 0 Å². The third-order valence-corrected chi connectivity index (χ3v) is 2.55. The van der Waals surface area contributed by atoms with Gasteiger partial charge in [-0.3, -0.25) is 0 Å². The topological polar surface area (TPSA) is 52.3 Å². The molecule has 1 rings (SSSR count). The van der Waals surface area contributed by atoms with Gasteiger partial charge in [-0.05, 0) is 19.1 Å². The third-order valence-electron chi connectivity index (χ3n) is 1.89. The minimum Gasteiger partial charge on any atom is -0.461 e. The lowest BCUT2D eigenvalue weighted by Gasteiger charge is -2.18. The molecule has 0 aliphatic rings. The van der Waals surface area contributed by atoms with Gasteiger partial charge < -0.3 is 10.5 Å². The first-order valence-electron chi connectivity index (χ1n) is 4.50. The minimum atomic E-state index is -3.75. The normalized spacial score (nSPS) is 11.2. The van der Waals surface area contributed by atoms with Crippen LogP contribution in [0, 0.1) is 0 Å². The minimum absolute atomic E-state index is 0.0746. The highest BCUT2D eigenvalue weighted by molar-refractivity contribution is 9.10. The Balaban J connectivity index is 3.21. The van der Waals surface area contributed by atoms with E-state index in [1.807, 2.05) is 0 Å². The zero-order valence-electron chi connectivity index (χ0n) is 8.47. The molecule has 0 aliphatic carbocycles. The summed E-state index contributed by atoms with van der Waals surface area (Å²) in [6.45, 7) is 1.34. The molecule has 0 amide bonds.